The van der Waals surface area contributed by atoms with E-state index in [0.717, 1.165) is 31.1 Å². The quantitative estimate of drug-likeness (QED) is 0.634. The first-order valence-corrected chi connectivity index (χ1v) is 9.01. The highest BCUT2D eigenvalue weighted by Crippen LogP contribution is 2.26. The van der Waals surface area contributed by atoms with Crippen molar-refractivity contribution in [2.45, 2.75) is 26.2 Å². The summed E-state index contributed by atoms with van der Waals surface area (Å²) < 4.78 is 5.33. The van der Waals surface area contributed by atoms with E-state index >= 15 is 0 Å². The fraction of sp³-hybridized carbons (Fsp3) is 0.562. The monoisotopic (exact) mass is 350 g/mol. The predicted octanol–water partition coefficient (Wildman–Crippen LogP) is 1.41. The molecular formula is C16H22N4O3S. The maximum atomic E-state index is 12.3. The first-order chi connectivity index (χ1) is 11.6. The smallest absolute Gasteiger partial charge is 0.281 e. The van der Waals surface area contributed by atoms with E-state index in [1.807, 2.05) is 0 Å². The van der Waals surface area contributed by atoms with E-state index in [4.69, 9.17) is 4.74 Å². The molecule has 1 fully saturated rings. The van der Waals surface area contributed by atoms with Gasteiger partial charge >= 0.3 is 0 Å². The lowest BCUT2D eigenvalue weighted by Crippen LogP contribution is -2.42. The summed E-state index contributed by atoms with van der Waals surface area (Å²) in [5, 5.41) is 0.823. The molecule has 0 aromatic carbocycles. The van der Waals surface area contributed by atoms with Gasteiger partial charge in [0.1, 0.15) is 4.88 Å². The Morgan fingerprint density at radius 1 is 1.38 bits per heavy atom. The van der Waals surface area contributed by atoms with Crippen molar-refractivity contribution in [3.8, 4) is 0 Å². The van der Waals surface area contributed by atoms with Crippen molar-refractivity contribution in [3.63, 3.8) is 0 Å². The highest BCUT2D eigenvalue weighted by Gasteiger charge is 2.21. The van der Waals surface area contributed by atoms with Gasteiger partial charge in [-0.3, -0.25) is 20.4 Å². The molecule has 2 heterocycles. The number of morpholine rings is 1. The molecule has 1 aromatic heterocycles. The molecule has 2 aliphatic rings. The van der Waals surface area contributed by atoms with E-state index in [2.05, 4.69) is 32.9 Å². The minimum absolute atomic E-state index is 0.171. The van der Waals surface area contributed by atoms with Gasteiger partial charge in [-0.15, -0.1) is 0 Å². The van der Waals surface area contributed by atoms with Gasteiger partial charge in [-0.05, 0) is 25.7 Å². The third-order valence-electron chi connectivity index (χ3n) is 4.15. The summed E-state index contributed by atoms with van der Waals surface area (Å²) >= 11 is 1.34. The van der Waals surface area contributed by atoms with Crippen LogP contribution in [0.5, 0.6) is 0 Å². The first kappa shape index (κ1) is 16.9. The van der Waals surface area contributed by atoms with Crippen LogP contribution in [0.25, 0.3) is 0 Å². The highest BCUT2D eigenvalue weighted by atomic mass is 32.1. The Kier molecular flexibility index (Phi) is 5.47. The Hall–Kier alpha value is -1.93. The predicted molar refractivity (Wildman–Crippen MR) is 92.0 cm³/mol. The third-order valence-corrected chi connectivity index (χ3v) is 5.37. The Bertz CT molecular complexity index is 637. The molecule has 24 heavy (non-hydrogen) atoms. The van der Waals surface area contributed by atoms with Gasteiger partial charge in [0.05, 0.1) is 18.9 Å². The number of aryl methyl sites for hydroxylation is 1. The van der Waals surface area contributed by atoms with Crippen molar-refractivity contribution in [1.29, 1.82) is 0 Å². The van der Waals surface area contributed by atoms with Crippen LogP contribution in [-0.4, -0.2) is 43.1 Å². The third kappa shape index (κ3) is 4.12. The molecule has 7 nitrogen and oxygen atoms in total. The van der Waals surface area contributed by atoms with Gasteiger partial charge < -0.3 is 9.64 Å². The summed E-state index contributed by atoms with van der Waals surface area (Å²) in [5.41, 5.74) is 5.66. The van der Waals surface area contributed by atoms with E-state index in [-0.39, 0.29) is 17.7 Å². The Morgan fingerprint density at radius 2 is 2.17 bits per heavy atom. The van der Waals surface area contributed by atoms with Crippen molar-refractivity contribution < 1.29 is 14.3 Å². The fourth-order valence-electron chi connectivity index (χ4n) is 2.82. The summed E-state index contributed by atoms with van der Waals surface area (Å²) in [6.07, 6.45) is 6.57. The fourth-order valence-corrected chi connectivity index (χ4v) is 3.83. The number of nitrogens with one attached hydrogen (secondary N) is 2. The number of hydrogen-bond donors (Lipinski definition) is 2. The van der Waals surface area contributed by atoms with Crippen molar-refractivity contribution in [2.75, 3.05) is 31.2 Å². The normalized spacial score (nSPS) is 20.2. The van der Waals surface area contributed by atoms with Gasteiger partial charge in [0.2, 0.25) is 5.91 Å². The van der Waals surface area contributed by atoms with Gasteiger partial charge in [0.15, 0.2) is 5.13 Å². The SMILES string of the molecule is Cc1nc(N2CCOCC2)sc1C(=O)NNC(=O)C[C@@H]1C=CCC1. The first-order valence-electron chi connectivity index (χ1n) is 8.19. The van der Waals surface area contributed by atoms with Crippen molar-refractivity contribution in [1.82, 2.24) is 15.8 Å². The number of rotatable bonds is 4. The zero-order valence-corrected chi connectivity index (χ0v) is 14.5. The van der Waals surface area contributed by atoms with Gasteiger partial charge in [0, 0.05) is 19.5 Å². The van der Waals surface area contributed by atoms with E-state index in [1.54, 1.807) is 6.92 Å². The Morgan fingerprint density at radius 3 is 2.88 bits per heavy atom. The number of ether oxygens (including phenoxy) is 1. The average molecular weight is 350 g/mol. The van der Waals surface area contributed by atoms with E-state index in [1.165, 1.54) is 11.3 Å². The second-order valence-electron chi connectivity index (χ2n) is 5.98. The molecule has 0 saturated carbocycles. The lowest BCUT2D eigenvalue weighted by Gasteiger charge is -2.25. The number of carbonyl (C=O) groups is 2. The number of allylic oxidation sites excluding steroid dienone is 2. The summed E-state index contributed by atoms with van der Waals surface area (Å²) in [6.45, 7) is 4.71. The molecule has 0 radical (unpaired) electrons. The van der Waals surface area contributed by atoms with Crippen LogP contribution in [-0.2, 0) is 9.53 Å². The van der Waals surface area contributed by atoms with Gasteiger partial charge in [0.25, 0.3) is 5.91 Å². The topological polar surface area (TPSA) is 83.6 Å². The molecule has 2 amide bonds. The molecule has 2 N–H and O–H groups in total. The van der Waals surface area contributed by atoms with Crippen LogP contribution in [0.1, 0.15) is 34.6 Å². The van der Waals surface area contributed by atoms with E-state index < -0.39 is 0 Å². The maximum absolute atomic E-state index is 12.3. The lowest BCUT2D eigenvalue weighted by atomic mass is 10.1. The maximum Gasteiger partial charge on any atom is 0.281 e. The molecule has 1 aliphatic heterocycles. The number of thiazole rings is 1. The molecule has 1 aliphatic carbocycles. The number of amides is 2. The van der Waals surface area contributed by atoms with Crippen LogP contribution >= 0.6 is 11.3 Å². The van der Waals surface area contributed by atoms with Crippen LogP contribution in [0.2, 0.25) is 0 Å². The number of nitrogens with zero attached hydrogens (tertiary/aromatic N) is 2. The lowest BCUT2D eigenvalue weighted by molar-refractivity contribution is -0.122. The zero-order chi connectivity index (χ0) is 16.9. The molecule has 0 unspecified atom stereocenters. The number of hydrogen-bond acceptors (Lipinski definition) is 6. The second-order valence-corrected chi connectivity index (χ2v) is 6.96. The van der Waals surface area contributed by atoms with E-state index in [0.29, 0.717) is 30.2 Å². The van der Waals surface area contributed by atoms with Gasteiger partial charge in [-0.25, -0.2) is 4.98 Å². The highest BCUT2D eigenvalue weighted by molar-refractivity contribution is 7.17. The molecule has 0 spiro atoms. The standard InChI is InChI=1S/C16H22N4O3S/c1-11-14(24-16(17-11)20-6-8-23-9-7-20)15(22)19-18-13(21)10-12-4-2-3-5-12/h2,4,12H,3,5-10H2,1H3,(H,18,21)(H,19,22)/t12-/m1/s1. The van der Waals surface area contributed by atoms with Crippen molar-refractivity contribution in [3.05, 3.63) is 22.7 Å². The molecule has 8 heteroatoms. The molecule has 1 atom stereocenters. The Labute approximate surface area is 145 Å². The number of anilines is 1. The summed E-state index contributed by atoms with van der Waals surface area (Å²) in [4.78, 5) is 31.3. The van der Waals surface area contributed by atoms with Crippen LogP contribution in [0, 0.1) is 12.8 Å². The number of carbonyl (C=O) groups excluding carboxylic acids is 2. The largest absolute Gasteiger partial charge is 0.378 e. The summed E-state index contributed by atoms with van der Waals surface area (Å²) in [5.74, 6) is -0.213. The minimum atomic E-state index is -0.320. The van der Waals surface area contributed by atoms with Crippen molar-refractivity contribution in [2.24, 2.45) is 5.92 Å². The number of aromatic nitrogens is 1. The average Bonchev–Trinajstić information content (AvgIpc) is 3.23. The molecule has 1 aromatic rings. The number of hydrazine groups is 1. The Balaban J connectivity index is 1.53. The summed E-state index contributed by atoms with van der Waals surface area (Å²) in [6, 6.07) is 0. The second kappa shape index (κ2) is 7.76. The molecular weight excluding hydrogens is 328 g/mol. The molecule has 3 rings (SSSR count). The van der Waals surface area contributed by atoms with E-state index in [9.17, 15) is 9.59 Å². The minimum Gasteiger partial charge on any atom is -0.378 e. The van der Waals surface area contributed by atoms with Crippen LogP contribution in [0.3, 0.4) is 0 Å². The summed E-state index contributed by atoms with van der Waals surface area (Å²) in [7, 11) is 0. The van der Waals surface area contributed by atoms with Crippen LogP contribution in [0.4, 0.5) is 5.13 Å². The molecule has 0 bridgehead atoms. The molecule has 130 valence electrons. The zero-order valence-electron chi connectivity index (χ0n) is 13.7. The van der Waals surface area contributed by atoms with Crippen LogP contribution < -0.4 is 15.8 Å². The van der Waals surface area contributed by atoms with Crippen LogP contribution in [0.15, 0.2) is 12.2 Å². The van der Waals surface area contributed by atoms with Gasteiger partial charge in [-0.1, -0.05) is 23.5 Å². The van der Waals surface area contributed by atoms with Crippen molar-refractivity contribution >= 4 is 28.3 Å². The van der Waals surface area contributed by atoms with Gasteiger partial charge in [-0.2, -0.15) is 0 Å². The molecule has 1 saturated heterocycles.